The molecule has 0 fully saturated rings. The first-order chi connectivity index (χ1) is 7.65. The molecule has 3 nitrogen and oxygen atoms in total. The van der Waals surface area contributed by atoms with Crippen molar-refractivity contribution in [1.29, 1.82) is 0 Å². The molecule has 0 bridgehead atoms. The number of aliphatic carboxylic acids is 1. The molecule has 2 rings (SSSR count). The van der Waals surface area contributed by atoms with Crippen molar-refractivity contribution in [2.24, 2.45) is 0 Å². The summed E-state index contributed by atoms with van der Waals surface area (Å²) in [6.07, 6.45) is 1.66. The van der Waals surface area contributed by atoms with Crippen LogP contribution in [0.15, 0.2) is 34.9 Å². The molecule has 0 unspecified atom stereocenters. The van der Waals surface area contributed by atoms with E-state index in [1.54, 1.807) is 6.20 Å². The highest BCUT2D eigenvalue weighted by molar-refractivity contribution is 9.10. The smallest absolute Gasteiger partial charge is 0.308 e. The average Bonchev–Trinajstić information content (AvgIpc) is 2.66. The summed E-state index contributed by atoms with van der Waals surface area (Å²) in [5, 5.41) is 9.51. The van der Waals surface area contributed by atoms with Crippen LogP contribution < -0.4 is 0 Å². The minimum atomic E-state index is -0.828. The van der Waals surface area contributed by atoms with Gasteiger partial charge in [0.2, 0.25) is 0 Å². The number of thiazole rings is 1. The minimum Gasteiger partial charge on any atom is -0.481 e. The standard InChI is InChI=1S/C11H8BrNO2S/c12-8-3-1-7(2-4-8)11-13-6-9(16-11)5-10(14)15/h1-4,6H,5H2,(H,14,15). The second-order valence-electron chi connectivity index (χ2n) is 3.21. The number of carboxylic acid groups (broad SMARTS) is 1. The molecule has 0 aliphatic rings. The molecule has 0 aliphatic carbocycles. The Morgan fingerprint density at radius 1 is 1.38 bits per heavy atom. The Bertz CT molecular complexity index is 507. The molecular weight excluding hydrogens is 290 g/mol. The molecular formula is C11H8BrNO2S. The Morgan fingerprint density at radius 3 is 2.69 bits per heavy atom. The molecule has 1 aromatic heterocycles. The molecule has 0 saturated carbocycles. The van der Waals surface area contributed by atoms with E-state index < -0.39 is 5.97 Å². The predicted octanol–water partition coefficient (Wildman–Crippen LogP) is 3.20. The molecule has 1 aromatic carbocycles. The average molecular weight is 298 g/mol. The fourth-order valence-electron chi connectivity index (χ4n) is 1.26. The number of carboxylic acids is 1. The summed E-state index contributed by atoms with van der Waals surface area (Å²) in [5.74, 6) is -0.828. The first-order valence-corrected chi connectivity index (χ1v) is 6.18. The number of rotatable bonds is 3. The molecule has 2 aromatic rings. The van der Waals surface area contributed by atoms with E-state index in [4.69, 9.17) is 5.11 Å². The number of aromatic nitrogens is 1. The van der Waals surface area contributed by atoms with Crippen molar-refractivity contribution in [2.75, 3.05) is 0 Å². The molecule has 5 heteroatoms. The summed E-state index contributed by atoms with van der Waals surface area (Å²) in [6, 6.07) is 7.78. The van der Waals surface area contributed by atoms with Gasteiger partial charge in [0.1, 0.15) is 5.01 Å². The molecule has 16 heavy (non-hydrogen) atoms. The summed E-state index contributed by atoms with van der Waals surface area (Å²) in [5.41, 5.74) is 1.00. The Labute approximate surface area is 105 Å². The molecule has 1 N–H and O–H groups in total. The van der Waals surface area contributed by atoms with Crippen LogP contribution in [0.2, 0.25) is 0 Å². The number of carbonyl (C=O) groups is 1. The van der Waals surface area contributed by atoms with Crippen molar-refractivity contribution in [2.45, 2.75) is 6.42 Å². The third-order valence-corrected chi connectivity index (χ3v) is 3.55. The molecule has 0 saturated heterocycles. The SMILES string of the molecule is O=C(O)Cc1cnc(-c2ccc(Br)cc2)s1. The minimum absolute atomic E-state index is 0.0359. The van der Waals surface area contributed by atoms with Gasteiger partial charge in [-0.2, -0.15) is 0 Å². The topological polar surface area (TPSA) is 50.2 Å². The molecule has 82 valence electrons. The summed E-state index contributed by atoms with van der Waals surface area (Å²) in [6.45, 7) is 0. The van der Waals surface area contributed by atoms with Gasteiger partial charge in [-0.3, -0.25) is 4.79 Å². The van der Waals surface area contributed by atoms with Gasteiger partial charge < -0.3 is 5.11 Å². The lowest BCUT2D eigenvalue weighted by atomic mass is 10.2. The summed E-state index contributed by atoms with van der Waals surface area (Å²) in [4.78, 5) is 15.5. The van der Waals surface area contributed by atoms with E-state index in [1.807, 2.05) is 24.3 Å². The van der Waals surface area contributed by atoms with Crippen molar-refractivity contribution in [3.8, 4) is 10.6 Å². The zero-order valence-electron chi connectivity index (χ0n) is 8.18. The first kappa shape index (κ1) is 11.3. The zero-order valence-corrected chi connectivity index (χ0v) is 10.6. The highest BCUT2D eigenvalue weighted by atomic mass is 79.9. The van der Waals surface area contributed by atoms with Gasteiger partial charge >= 0.3 is 5.97 Å². The molecule has 1 heterocycles. The van der Waals surface area contributed by atoms with Gasteiger partial charge in [-0.05, 0) is 12.1 Å². The highest BCUT2D eigenvalue weighted by Gasteiger charge is 2.07. The van der Waals surface area contributed by atoms with E-state index in [9.17, 15) is 4.79 Å². The third-order valence-electron chi connectivity index (χ3n) is 1.97. The number of benzene rings is 1. The van der Waals surface area contributed by atoms with E-state index in [2.05, 4.69) is 20.9 Å². The van der Waals surface area contributed by atoms with Gasteiger partial charge in [-0.15, -0.1) is 11.3 Å². The quantitative estimate of drug-likeness (QED) is 0.946. The largest absolute Gasteiger partial charge is 0.481 e. The van der Waals surface area contributed by atoms with Crippen LogP contribution in [0, 0.1) is 0 Å². The van der Waals surface area contributed by atoms with Crippen molar-refractivity contribution < 1.29 is 9.90 Å². The van der Waals surface area contributed by atoms with E-state index in [0.29, 0.717) is 0 Å². The Balaban J connectivity index is 2.24. The van der Waals surface area contributed by atoms with Crippen molar-refractivity contribution in [3.05, 3.63) is 39.8 Å². The monoisotopic (exact) mass is 297 g/mol. The number of nitrogens with zero attached hydrogens (tertiary/aromatic N) is 1. The van der Waals surface area contributed by atoms with Gasteiger partial charge in [0, 0.05) is 21.1 Å². The van der Waals surface area contributed by atoms with Crippen LogP contribution in [0.25, 0.3) is 10.6 Å². The Kier molecular flexibility index (Phi) is 3.36. The van der Waals surface area contributed by atoms with Crippen LogP contribution >= 0.6 is 27.3 Å². The Hall–Kier alpha value is -1.20. The third kappa shape index (κ3) is 2.68. The molecule has 0 aliphatic heterocycles. The zero-order chi connectivity index (χ0) is 11.5. The van der Waals surface area contributed by atoms with Gasteiger partial charge in [0.15, 0.2) is 0 Å². The lowest BCUT2D eigenvalue weighted by Gasteiger charge is -1.95. The van der Waals surface area contributed by atoms with Crippen molar-refractivity contribution >= 4 is 33.2 Å². The summed E-state index contributed by atoms with van der Waals surface area (Å²) in [7, 11) is 0. The lowest BCUT2D eigenvalue weighted by Crippen LogP contribution is -1.97. The lowest BCUT2D eigenvalue weighted by molar-refractivity contribution is -0.136. The van der Waals surface area contributed by atoms with Crippen LogP contribution in [0.3, 0.4) is 0 Å². The maximum absolute atomic E-state index is 10.5. The van der Waals surface area contributed by atoms with Crippen LogP contribution in [-0.4, -0.2) is 16.1 Å². The second kappa shape index (κ2) is 4.76. The molecule has 0 radical (unpaired) electrons. The molecule has 0 spiro atoms. The summed E-state index contributed by atoms with van der Waals surface area (Å²) >= 11 is 4.77. The van der Waals surface area contributed by atoms with Gasteiger partial charge in [0.05, 0.1) is 6.42 Å². The van der Waals surface area contributed by atoms with Crippen LogP contribution in [0.1, 0.15) is 4.88 Å². The molecule has 0 amide bonds. The maximum atomic E-state index is 10.5. The van der Waals surface area contributed by atoms with Crippen molar-refractivity contribution in [1.82, 2.24) is 4.98 Å². The van der Waals surface area contributed by atoms with E-state index in [0.717, 1.165) is 19.9 Å². The fourth-order valence-corrected chi connectivity index (χ4v) is 2.44. The van der Waals surface area contributed by atoms with Crippen LogP contribution in [-0.2, 0) is 11.2 Å². The highest BCUT2D eigenvalue weighted by Crippen LogP contribution is 2.26. The number of hydrogen-bond donors (Lipinski definition) is 1. The summed E-state index contributed by atoms with van der Waals surface area (Å²) < 4.78 is 1.01. The van der Waals surface area contributed by atoms with E-state index in [-0.39, 0.29) is 6.42 Å². The number of halogens is 1. The second-order valence-corrected chi connectivity index (χ2v) is 5.24. The normalized spacial score (nSPS) is 10.3. The Morgan fingerprint density at radius 2 is 2.06 bits per heavy atom. The van der Waals surface area contributed by atoms with E-state index in [1.165, 1.54) is 11.3 Å². The van der Waals surface area contributed by atoms with Crippen LogP contribution in [0.5, 0.6) is 0 Å². The van der Waals surface area contributed by atoms with Gasteiger partial charge in [-0.25, -0.2) is 4.98 Å². The number of hydrogen-bond acceptors (Lipinski definition) is 3. The first-order valence-electron chi connectivity index (χ1n) is 4.57. The van der Waals surface area contributed by atoms with Crippen molar-refractivity contribution in [3.63, 3.8) is 0 Å². The van der Waals surface area contributed by atoms with Crippen LogP contribution in [0.4, 0.5) is 0 Å². The molecule has 0 atom stereocenters. The maximum Gasteiger partial charge on any atom is 0.308 e. The van der Waals surface area contributed by atoms with Gasteiger partial charge in [-0.1, -0.05) is 28.1 Å². The fraction of sp³-hybridized carbons (Fsp3) is 0.0909. The predicted molar refractivity (Wildman–Crippen MR) is 66.6 cm³/mol. The van der Waals surface area contributed by atoms with E-state index >= 15 is 0 Å². The van der Waals surface area contributed by atoms with Gasteiger partial charge in [0.25, 0.3) is 0 Å².